The summed E-state index contributed by atoms with van der Waals surface area (Å²) in [5.41, 5.74) is 2.03. The van der Waals surface area contributed by atoms with E-state index in [2.05, 4.69) is 31.2 Å². The van der Waals surface area contributed by atoms with Crippen molar-refractivity contribution in [3.63, 3.8) is 0 Å². The number of hydrogen-bond donors (Lipinski definition) is 0. The van der Waals surface area contributed by atoms with E-state index in [0.717, 1.165) is 30.3 Å². The Balaban J connectivity index is 1.74. The van der Waals surface area contributed by atoms with Gasteiger partial charge in [-0.1, -0.05) is 6.07 Å². The third kappa shape index (κ3) is 2.03. The van der Waals surface area contributed by atoms with Gasteiger partial charge in [-0.25, -0.2) is 0 Å². The second-order valence-corrected chi connectivity index (χ2v) is 5.35. The molecule has 0 spiro atoms. The molecule has 6 nitrogen and oxygen atoms in total. The highest BCUT2D eigenvalue weighted by atomic mass is 15.4. The van der Waals surface area contributed by atoms with Crippen LogP contribution in [0, 0.1) is 6.92 Å². The van der Waals surface area contributed by atoms with Crippen molar-refractivity contribution in [1.82, 2.24) is 24.8 Å². The summed E-state index contributed by atoms with van der Waals surface area (Å²) in [5, 5.41) is 12.8. The summed E-state index contributed by atoms with van der Waals surface area (Å²) >= 11 is 0. The summed E-state index contributed by atoms with van der Waals surface area (Å²) in [6, 6.07) is 8.48. The number of aryl methyl sites for hydroxylation is 1. The van der Waals surface area contributed by atoms with Crippen LogP contribution in [-0.4, -0.2) is 31.3 Å². The molecular weight excluding hydrogens is 264 g/mol. The van der Waals surface area contributed by atoms with E-state index in [1.165, 1.54) is 12.0 Å². The van der Waals surface area contributed by atoms with Crippen LogP contribution >= 0.6 is 0 Å². The predicted octanol–water partition coefficient (Wildman–Crippen LogP) is 2.17. The minimum Gasteiger partial charge on any atom is -0.348 e. The van der Waals surface area contributed by atoms with Crippen molar-refractivity contribution in [3.8, 4) is 0 Å². The Morgan fingerprint density at radius 3 is 3.00 bits per heavy atom. The molecule has 0 amide bonds. The zero-order valence-corrected chi connectivity index (χ0v) is 11.8. The maximum atomic E-state index is 4.69. The smallest absolute Gasteiger partial charge is 0.178 e. The van der Waals surface area contributed by atoms with Crippen molar-refractivity contribution >= 4 is 11.5 Å². The average Bonchev–Trinajstić information content (AvgIpc) is 3.15. The lowest BCUT2D eigenvalue weighted by Gasteiger charge is -2.25. The monoisotopic (exact) mass is 280 g/mol. The largest absolute Gasteiger partial charge is 0.348 e. The molecule has 0 aliphatic carbocycles. The quantitative estimate of drug-likeness (QED) is 0.720. The lowest BCUT2D eigenvalue weighted by molar-refractivity contribution is 0.697. The molecule has 0 N–H and O–H groups in total. The molecule has 0 aromatic carbocycles. The van der Waals surface area contributed by atoms with Gasteiger partial charge in [0.05, 0.1) is 6.04 Å². The third-order valence-electron chi connectivity index (χ3n) is 4.02. The highest BCUT2D eigenvalue weighted by Crippen LogP contribution is 2.34. The van der Waals surface area contributed by atoms with E-state index in [9.17, 15) is 0 Å². The van der Waals surface area contributed by atoms with Crippen LogP contribution in [0.25, 0.3) is 5.65 Å². The average molecular weight is 280 g/mol. The topological polar surface area (TPSA) is 59.2 Å². The summed E-state index contributed by atoms with van der Waals surface area (Å²) in [7, 11) is 0. The van der Waals surface area contributed by atoms with Crippen molar-refractivity contribution in [2.75, 3.05) is 11.4 Å². The van der Waals surface area contributed by atoms with E-state index in [4.69, 9.17) is 0 Å². The number of aromatic nitrogens is 5. The van der Waals surface area contributed by atoms with Crippen molar-refractivity contribution in [1.29, 1.82) is 0 Å². The minimum atomic E-state index is 0.348. The van der Waals surface area contributed by atoms with Crippen LogP contribution in [0.2, 0.25) is 0 Å². The molecule has 106 valence electrons. The Hall–Kier alpha value is -2.50. The van der Waals surface area contributed by atoms with Crippen LogP contribution in [0.4, 0.5) is 5.82 Å². The first-order valence-corrected chi connectivity index (χ1v) is 7.18. The summed E-state index contributed by atoms with van der Waals surface area (Å²) in [4.78, 5) is 6.58. The second-order valence-electron chi connectivity index (χ2n) is 5.35. The van der Waals surface area contributed by atoms with Crippen molar-refractivity contribution in [2.24, 2.45) is 0 Å². The molecule has 1 fully saturated rings. The number of hydrogen-bond acceptors (Lipinski definition) is 5. The molecular formula is C15H16N6. The van der Waals surface area contributed by atoms with Crippen LogP contribution in [0.3, 0.4) is 0 Å². The first-order chi connectivity index (χ1) is 10.3. The van der Waals surface area contributed by atoms with Crippen LogP contribution in [0.5, 0.6) is 0 Å². The molecule has 0 radical (unpaired) electrons. The Morgan fingerprint density at radius 2 is 2.14 bits per heavy atom. The molecule has 0 saturated carbocycles. The molecule has 3 aromatic heterocycles. The van der Waals surface area contributed by atoms with E-state index in [0.29, 0.717) is 6.04 Å². The summed E-state index contributed by atoms with van der Waals surface area (Å²) in [6.45, 7) is 2.93. The molecule has 1 unspecified atom stereocenters. The van der Waals surface area contributed by atoms with E-state index in [1.54, 1.807) is 4.52 Å². The van der Waals surface area contributed by atoms with E-state index < -0.39 is 0 Å². The van der Waals surface area contributed by atoms with Crippen LogP contribution in [-0.2, 0) is 0 Å². The summed E-state index contributed by atoms with van der Waals surface area (Å²) in [5.74, 6) is 1.78. The maximum Gasteiger partial charge on any atom is 0.178 e. The molecule has 4 rings (SSSR count). The zero-order chi connectivity index (χ0) is 14.2. The van der Waals surface area contributed by atoms with Crippen LogP contribution < -0.4 is 4.90 Å². The summed E-state index contributed by atoms with van der Waals surface area (Å²) < 4.78 is 1.80. The van der Waals surface area contributed by atoms with Gasteiger partial charge < -0.3 is 4.90 Å². The fourth-order valence-corrected chi connectivity index (χ4v) is 3.00. The van der Waals surface area contributed by atoms with Gasteiger partial charge in [0.2, 0.25) is 0 Å². The fraction of sp³-hybridized carbons (Fsp3) is 0.333. The van der Waals surface area contributed by atoms with Gasteiger partial charge in [-0.05, 0) is 43.5 Å². The second kappa shape index (κ2) is 4.80. The molecule has 0 bridgehead atoms. The number of anilines is 1. The van der Waals surface area contributed by atoms with Gasteiger partial charge in [0, 0.05) is 18.9 Å². The normalized spacial score (nSPS) is 18.5. The number of nitrogens with zero attached hydrogens (tertiary/aromatic N) is 6. The molecule has 21 heavy (non-hydrogen) atoms. The third-order valence-corrected chi connectivity index (χ3v) is 4.02. The van der Waals surface area contributed by atoms with Gasteiger partial charge in [-0.3, -0.25) is 4.98 Å². The standard InChI is InChI=1S/C15H16N6/c1-11-17-18-14-6-7-15(19-21(11)14)20-9-3-5-13(20)12-4-2-8-16-10-12/h2,4,6-8,10,13H,3,5,9H2,1H3. The van der Waals surface area contributed by atoms with E-state index in [-0.39, 0.29) is 0 Å². The van der Waals surface area contributed by atoms with Crippen molar-refractivity contribution in [3.05, 3.63) is 48.0 Å². The van der Waals surface area contributed by atoms with Gasteiger partial charge in [-0.2, -0.15) is 4.52 Å². The number of rotatable bonds is 2. The first-order valence-electron chi connectivity index (χ1n) is 7.18. The molecule has 1 aliphatic rings. The van der Waals surface area contributed by atoms with Gasteiger partial charge in [0.25, 0.3) is 0 Å². The summed E-state index contributed by atoms with van der Waals surface area (Å²) in [6.07, 6.45) is 6.06. The van der Waals surface area contributed by atoms with Gasteiger partial charge in [0.15, 0.2) is 11.5 Å². The van der Waals surface area contributed by atoms with Crippen LogP contribution in [0.1, 0.15) is 30.3 Å². The highest BCUT2D eigenvalue weighted by Gasteiger charge is 2.27. The van der Waals surface area contributed by atoms with E-state index in [1.807, 2.05) is 37.5 Å². The van der Waals surface area contributed by atoms with Crippen molar-refractivity contribution < 1.29 is 0 Å². The minimum absolute atomic E-state index is 0.348. The Morgan fingerprint density at radius 1 is 1.19 bits per heavy atom. The Labute approximate surface area is 122 Å². The fourth-order valence-electron chi connectivity index (χ4n) is 3.00. The SMILES string of the molecule is Cc1nnc2ccc(N3CCCC3c3cccnc3)nn12. The molecule has 1 aliphatic heterocycles. The van der Waals surface area contributed by atoms with Gasteiger partial charge >= 0.3 is 0 Å². The molecule has 4 heterocycles. The molecule has 1 atom stereocenters. The lowest BCUT2D eigenvalue weighted by Crippen LogP contribution is -2.24. The number of pyridine rings is 1. The van der Waals surface area contributed by atoms with E-state index >= 15 is 0 Å². The Bertz CT molecular complexity index is 766. The number of fused-ring (bicyclic) bond motifs is 1. The molecule has 3 aromatic rings. The first kappa shape index (κ1) is 12.3. The zero-order valence-electron chi connectivity index (χ0n) is 11.8. The van der Waals surface area contributed by atoms with Gasteiger partial charge in [-0.15, -0.1) is 15.3 Å². The van der Waals surface area contributed by atoms with Crippen molar-refractivity contribution in [2.45, 2.75) is 25.8 Å². The maximum absolute atomic E-state index is 4.69. The predicted molar refractivity (Wildman–Crippen MR) is 79.1 cm³/mol. The lowest BCUT2D eigenvalue weighted by atomic mass is 10.1. The van der Waals surface area contributed by atoms with Crippen LogP contribution in [0.15, 0.2) is 36.7 Å². The molecule has 6 heteroatoms. The van der Waals surface area contributed by atoms with Gasteiger partial charge in [0.1, 0.15) is 5.82 Å². The molecule has 1 saturated heterocycles. The highest BCUT2D eigenvalue weighted by molar-refractivity contribution is 5.48. The Kier molecular flexibility index (Phi) is 2.80.